The van der Waals surface area contributed by atoms with E-state index < -0.39 is 11.8 Å². The zero-order valence-electron chi connectivity index (χ0n) is 15.9. The smallest absolute Gasteiger partial charge is 0.428 e. The lowest BCUT2D eigenvalue weighted by Gasteiger charge is -2.18. The lowest BCUT2D eigenvalue weighted by molar-refractivity contribution is 0.0206. The van der Waals surface area contributed by atoms with Crippen molar-refractivity contribution in [1.29, 1.82) is 0 Å². The van der Waals surface area contributed by atoms with Crippen LogP contribution < -0.4 is 4.74 Å². The van der Waals surface area contributed by atoms with E-state index in [1.54, 1.807) is 32.9 Å². The first-order chi connectivity index (χ1) is 11.3. The Bertz CT molecular complexity index is 566. The van der Waals surface area contributed by atoms with Gasteiger partial charge in [-0.1, -0.05) is 67.4 Å². The molecule has 0 N–H and O–H groups in total. The van der Waals surface area contributed by atoms with Crippen LogP contribution in [0, 0.1) is 13.8 Å². The second kappa shape index (κ2) is 11.3. The van der Waals surface area contributed by atoms with E-state index in [-0.39, 0.29) is 0 Å². The molecule has 2 aromatic rings. The number of ether oxygens (including phenoxy) is 2. The number of aryl methyl sites for hydroxylation is 2. The highest BCUT2D eigenvalue weighted by Gasteiger charge is 2.17. The lowest BCUT2D eigenvalue weighted by atomic mass is 10.2. The summed E-state index contributed by atoms with van der Waals surface area (Å²) in [4.78, 5) is 11.3. The van der Waals surface area contributed by atoms with E-state index in [1.807, 2.05) is 51.1 Å². The topological polar surface area (TPSA) is 35.5 Å². The van der Waals surface area contributed by atoms with Crippen LogP contribution >= 0.6 is 0 Å². The van der Waals surface area contributed by atoms with Gasteiger partial charge >= 0.3 is 6.16 Å². The lowest BCUT2D eigenvalue weighted by Crippen LogP contribution is -2.25. The second-order valence-corrected chi connectivity index (χ2v) is 6.03. The van der Waals surface area contributed by atoms with Crippen molar-refractivity contribution in [2.45, 2.75) is 54.1 Å². The molecule has 0 aliphatic heterocycles. The van der Waals surface area contributed by atoms with Crippen molar-refractivity contribution < 1.29 is 14.3 Å². The van der Waals surface area contributed by atoms with Gasteiger partial charge in [-0.2, -0.15) is 0 Å². The summed E-state index contributed by atoms with van der Waals surface area (Å²) in [5.74, 6) is 0.495. The number of rotatable bonds is 1. The van der Waals surface area contributed by atoms with Crippen LogP contribution in [-0.4, -0.2) is 11.8 Å². The zero-order chi connectivity index (χ0) is 18.6. The Morgan fingerprint density at radius 1 is 0.792 bits per heavy atom. The van der Waals surface area contributed by atoms with Gasteiger partial charge in [-0.25, -0.2) is 4.79 Å². The zero-order valence-corrected chi connectivity index (χ0v) is 15.9. The third-order valence-corrected chi connectivity index (χ3v) is 2.55. The molecule has 2 rings (SSSR count). The summed E-state index contributed by atoms with van der Waals surface area (Å²) in [6.07, 6.45) is -0.675. The largest absolute Gasteiger partial charge is 0.514 e. The van der Waals surface area contributed by atoms with E-state index >= 15 is 0 Å². The fraction of sp³-hybridized carbons (Fsp3) is 0.381. The predicted octanol–water partition coefficient (Wildman–Crippen LogP) is 6.33. The van der Waals surface area contributed by atoms with Crippen LogP contribution in [0.3, 0.4) is 0 Å². The maximum Gasteiger partial charge on any atom is 0.514 e. The predicted molar refractivity (Wildman–Crippen MR) is 101 cm³/mol. The Kier molecular flexibility index (Phi) is 10.2. The molecule has 24 heavy (non-hydrogen) atoms. The van der Waals surface area contributed by atoms with Gasteiger partial charge in [0, 0.05) is 0 Å². The highest BCUT2D eigenvalue weighted by Crippen LogP contribution is 2.14. The minimum atomic E-state index is -0.675. The van der Waals surface area contributed by atoms with Crippen molar-refractivity contribution in [2.24, 2.45) is 0 Å². The molecule has 0 amide bonds. The van der Waals surface area contributed by atoms with Gasteiger partial charge in [-0.15, -0.1) is 0 Å². The molecule has 0 fully saturated rings. The first-order valence-electron chi connectivity index (χ1n) is 8.25. The summed E-state index contributed by atoms with van der Waals surface area (Å²) < 4.78 is 9.99. The van der Waals surface area contributed by atoms with E-state index in [2.05, 4.69) is 19.1 Å². The Morgan fingerprint density at radius 3 is 1.62 bits per heavy atom. The van der Waals surface area contributed by atoms with Crippen LogP contribution in [0.25, 0.3) is 0 Å². The molecule has 3 heteroatoms. The summed E-state index contributed by atoms with van der Waals surface area (Å²) in [6, 6.07) is 17.5. The highest BCUT2D eigenvalue weighted by atomic mass is 16.7. The molecule has 0 unspecified atom stereocenters. The SMILES string of the molecule is CC.Cc1ccc(OC(=O)OC(C)(C)C)cc1.Cc1ccccc1. The Balaban J connectivity index is 0.000000488. The molecule has 0 saturated carbocycles. The average Bonchev–Trinajstić information content (AvgIpc) is 2.51. The van der Waals surface area contributed by atoms with E-state index in [0.717, 1.165) is 5.56 Å². The molecule has 0 spiro atoms. The summed E-state index contributed by atoms with van der Waals surface area (Å²) >= 11 is 0. The molecule has 0 aromatic heterocycles. The van der Waals surface area contributed by atoms with Crippen molar-refractivity contribution in [3.8, 4) is 5.75 Å². The molecule has 0 aliphatic rings. The average molecular weight is 330 g/mol. The van der Waals surface area contributed by atoms with Gasteiger partial charge in [0.05, 0.1) is 0 Å². The van der Waals surface area contributed by atoms with Gasteiger partial charge in [0.25, 0.3) is 0 Å². The number of hydrogen-bond acceptors (Lipinski definition) is 3. The number of carbonyl (C=O) groups is 1. The number of carbonyl (C=O) groups excluding carboxylic acids is 1. The van der Waals surface area contributed by atoms with Crippen molar-refractivity contribution in [3.05, 3.63) is 65.7 Å². The van der Waals surface area contributed by atoms with Gasteiger partial charge in [0.2, 0.25) is 0 Å². The van der Waals surface area contributed by atoms with Gasteiger partial charge in [-0.3, -0.25) is 0 Å². The van der Waals surface area contributed by atoms with Crippen molar-refractivity contribution in [3.63, 3.8) is 0 Å². The number of benzene rings is 2. The molecule has 0 aliphatic carbocycles. The van der Waals surface area contributed by atoms with Crippen LogP contribution in [-0.2, 0) is 4.74 Å². The fourth-order valence-corrected chi connectivity index (χ4v) is 1.51. The first kappa shape index (κ1) is 21.7. The van der Waals surface area contributed by atoms with Crippen molar-refractivity contribution >= 4 is 6.16 Å². The minimum Gasteiger partial charge on any atom is -0.428 e. The molecule has 0 radical (unpaired) electrons. The van der Waals surface area contributed by atoms with Crippen LogP contribution in [0.1, 0.15) is 45.7 Å². The van der Waals surface area contributed by atoms with Gasteiger partial charge < -0.3 is 9.47 Å². The van der Waals surface area contributed by atoms with Gasteiger partial charge in [-0.05, 0) is 46.8 Å². The molecule has 0 bridgehead atoms. The Hall–Kier alpha value is -2.29. The van der Waals surface area contributed by atoms with Gasteiger partial charge in [0.15, 0.2) is 0 Å². The summed E-state index contributed by atoms with van der Waals surface area (Å²) in [5, 5.41) is 0. The molecule has 0 atom stereocenters. The second-order valence-electron chi connectivity index (χ2n) is 6.03. The van der Waals surface area contributed by atoms with Crippen LogP contribution in [0.5, 0.6) is 5.75 Å². The number of hydrogen-bond donors (Lipinski definition) is 0. The van der Waals surface area contributed by atoms with Gasteiger partial charge in [0.1, 0.15) is 11.4 Å². The van der Waals surface area contributed by atoms with Crippen LogP contribution in [0.4, 0.5) is 4.79 Å². The van der Waals surface area contributed by atoms with E-state index in [0.29, 0.717) is 5.75 Å². The van der Waals surface area contributed by atoms with Crippen molar-refractivity contribution in [2.75, 3.05) is 0 Å². The summed E-state index contributed by atoms with van der Waals surface area (Å²) in [6.45, 7) is 13.4. The molecular formula is C21H30O3. The monoisotopic (exact) mass is 330 g/mol. The molecule has 0 saturated heterocycles. The normalized spacial score (nSPS) is 9.62. The quantitative estimate of drug-likeness (QED) is 0.452. The van der Waals surface area contributed by atoms with E-state index in [4.69, 9.17) is 9.47 Å². The molecule has 3 nitrogen and oxygen atoms in total. The highest BCUT2D eigenvalue weighted by molar-refractivity contribution is 5.64. The third kappa shape index (κ3) is 11.3. The Labute approximate surface area is 146 Å². The molecular weight excluding hydrogens is 300 g/mol. The molecule has 0 heterocycles. The van der Waals surface area contributed by atoms with Crippen LogP contribution in [0.15, 0.2) is 54.6 Å². The molecule has 132 valence electrons. The summed E-state index contributed by atoms with van der Waals surface area (Å²) in [5.41, 5.74) is 1.91. The fourth-order valence-electron chi connectivity index (χ4n) is 1.51. The molecule has 2 aromatic carbocycles. The van der Waals surface area contributed by atoms with E-state index in [9.17, 15) is 4.79 Å². The first-order valence-corrected chi connectivity index (χ1v) is 8.25. The maximum absolute atomic E-state index is 11.3. The standard InChI is InChI=1S/C12H16O3.C7H8.C2H6/c1-9-5-7-10(8-6-9)14-11(13)15-12(2,3)4;1-7-5-3-2-4-6-7;1-2/h5-8H,1-4H3;2-6H,1H3;1-2H3. The van der Waals surface area contributed by atoms with Crippen LogP contribution in [0.2, 0.25) is 0 Å². The Morgan fingerprint density at radius 2 is 1.25 bits per heavy atom. The third-order valence-electron chi connectivity index (χ3n) is 2.55. The van der Waals surface area contributed by atoms with E-state index in [1.165, 1.54) is 5.56 Å². The summed E-state index contributed by atoms with van der Waals surface area (Å²) in [7, 11) is 0. The maximum atomic E-state index is 11.3. The van der Waals surface area contributed by atoms with Crippen molar-refractivity contribution in [1.82, 2.24) is 0 Å². The minimum absolute atomic E-state index is 0.495.